The number of para-hydroxylation sites is 2. The summed E-state index contributed by atoms with van der Waals surface area (Å²) in [6, 6.07) is 27.6. The van der Waals surface area contributed by atoms with Crippen molar-refractivity contribution in [2.24, 2.45) is 0 Å². The molecule has 3 aromatic heterocycles. The molecule has 0 radical (unpaired) electrons. The van der Waals surface area contributed by atoms with Crippen molar-refractivity contribution in [2.75, 3.05) is 11.9 Å². The number of hydrogen-bond donors (Lipinski definition) is 0. The van der Waals surface area contributed by atoms with E-state index in [1.165, 1.54) is 27.6 Å². The number of aromatic nitrogens is 2. The summed E-state index contributed by atoms with van der Waals surface area (Å²) in [7, 11) is 2.07. The first-order chi connectivity index (χ1) is 20.9. The maximum Gasteiger partial charge on any atom is 3.00 e. The van der Waals surface area contributed by atoms with Crippen LogP contribution in [0.4, 0.5) is 15.8 Å². The fourth-order valence-electron chi connectivity index (χ4n) is 5.01. The molecule has 0 saturated carbocycles. The molecule has 6 aromatic rings. The number of aryl methyl sites for hydroxylation is 1. The van der Waals surface area contributed by atoms with Gasteiger partial charge in [-0.1, -0.05) is 48.0 Å². The Morgan fingerprint density at radius 1 is 1.02 bits per heavy atom. The Balaban J connectivity index is 0.000000175. The van der Waals surface area contributed by atoms with E-state index in [4.69, 9.17) is 9.43 Å². The number of hydrogen-bond acceptors (Lipinski definition) is 4. The van der Waals surface area contributed by atoms with Gasteiger partial charge in [-0.2, -0.15) is 17.4 Å². The number of thiophene rings is 1. The van der Waals surface area contributed by atoms with Gasteiger partial charge >= 0.3 is 135 Å². The summed E-state index contributed by atoms with van der Waals surface area (Å²) in [6.07, 6.45) is 4.76. The van der Waals surface area contributed by atoms with Crippen LogP contribution in [0.15, 0.2) is 85.1 Å². The van der Waals surface area contributed by atoms with Crippen molar-refractivity contribution in [2.45, 2.75) is 30.3 Å². The molecule has 7 rings (SSSR count). The minimum absolute atomic E-state index is 0. The summed E-state index contributed by atoms with van der Waals surface area (Å²) in [5.41, 5.74) is 4.01. The van der Waals surface area contributed by atoms with Gasteiger partial charge in [0, 0.05) is 22.3 Å². The van der Waals surface area contributed by atoms with E-state index < -0.39 is 25.9 Å². The summed E-state index contributed by atoms with van der Waals surface area (Å²) in [5, 5.41) is 7.28. The Morgan fingerprint density at radius 2 is 1.81 bits per heavy atom. The van der Waals surface area contributed by atoms with Gasteiger partial charge < -0.3 is 15.2 Å². The molecule has 1 unspecified atom stereocenters. The number of rotatable bonds is 3. The Morgan fingerprint density at radius 3 is 2.57 bits per heavy atom. The van der Waals surface area contributed by atoms with Crippen LogP contribution >= 0.6 is 11.3 Å². The molecule has 1 aliphatic heterocycles. The summed E-state index contributed by atoms with van der Waals surface area (Å²) < 4.78 is 39.1. The van der Waals surface area contributed by atoms with Crippen molar-refractivity contribution < 1.29 is 28.6 Å². The van der Waals surface area contributed by atoms with Crippen molar-refractivity contribution in [1.29, 1.82) is 0 Å². The van der Waals surface area contributed by atoms with Crippen LogP contribution in [-0.4, -0.2) is 30.3 Å². The maximum atomic E-state index is 13.8. The molecule has 42 heavy (non-hydrogen) atoms. The topological polar surface area (TPSA) is 43.1 Å². The number of halogens is 1. The Labute approximate surface area is 271 Å². The van der Waals surface area contributed by atoms with Gasteiger partial charge in [0.25, 0.3) is 0 Å². The predicted molar refractivity (Wildman–Crippen MR) is 173 cm³/mol. The van der Waals surface area contributed by atoms with Crippen molar-refractivity contribution in [3.63, 3.8) is 0 Å². The first-order valence-corrected chi connectivity index (χ1v) is 21.5. The van der Waals surface area contributed by atoms with E-state index in [0.717, 1.165) is 26.2 Å². The van der Waals surface area contributed by atoms with Gasteiger partial charge in [0.2, 0.25) is 0 Å². The van der Waals surface area contributed by atoms with Crippen LogP contribution in [0, 0.1) is 24.9 Å². The number of nitrogens with zero attached hydrogens (tertiary/aromatic N) is 4. The van der Waals surface area contributed by atoms with Gasteiger partial charge in [0.05, 0.1) is 0 Å². The Hall–Kier alpha value is -3.10. The third-order valence-corrected chi connectivity index (χ3v) is 12.4. The molecule has 4 heterocycles. The van der Waals surface area contributed by atoms with Gasteiger partial charge in [0.1, 0.15) is 0 Å². The molecular weight excluding hydrogens is 780 g/mol. The van der Waals surface area contributed by atoms with Crippen LogP contribution < -0.4 is 9.30 Å². The van der Waals surface area contributed by atoms with E-state index in [9.17, 15) is 4.39 Å². The van der Waals surface area contributed by atoms with Gasteiger partial charge in [-0.05, 0) is 23.7 Å². The zero-order valence-electron chi connectivity index (χ0n) is 26.6. The van der Waals surface area contributed by atoms with Crippen LogP contribution in [0.1, 0.15) is 21.4 Å². The molecule has 1 aliphatic rings. The first kappa shape index (κ1) is 26.5. The quantitative estimate of drug-likeness (QED) is 0.133. The molecule has 3 aromatic carbocycles. The second-order valence-corrected chi connectivity index (χ2v) is 22.6. The smallest absolute Gasteiger partial charge is 3.00 e. The predicted octanol–water partition coefficient (Wildman–Crippen LogP) is 8.94. The molecular formula is C34H30FGeIrN4S. The monoisotopic (exact) mass is 815 g/mol. The molecule has 8 heteroatoms. The first-order valence-electron chi connectivity index (χ1n) is 14.8. The Bertz CT molecular complexity index is 1990. The van der Waals surface area contributed by atoms with Crippen molar-refractivity contribution in [3.8, 4) is 11.3 Å². The van der Waals surface area contributed by atoms with E-state index in [2.05, 4.69) is 93.9 Å². The van der Waals surface area contributed by atoms with Crippen molar-refractivity contribution in [1.82, 2.24) is 9.97 Å². The van der Waals surface area contributed by atoms with Crippen molar-refractivity contribution >= 4 is 60.7 Å². The molecule has 212 valence electrons. The van der Waals surface area contributed by atoms with E-state index in [1.54, 1.807) is 29.7 Å². The maximum absolute atomic E-state index is 13.8. The molecule has 0 bridgehead atoms. The van der Waals surface area contributed by atoms with Gasteiger partial charge in [-0.3, -0.25) is 0 Å². The fourth-order valence-corrected chi connectivity index (χ4v) is 8.82. The average Bonchev–Trinajstić information content (AvgIpc) is 3.54. The summed E-state index contributed by atoms with van der Waals surface area (Å²) >= 11 is -0.662. The standard InChI is InChI=1S/C19H13N3S.C15H17FGeN.Ir/c1-22-16-8-4-3-7-15(16)21-18(22)12-10-14-13-6-2-5-9-17(13)23-19(14)20-11-12;1-11-9-15(12-7-5-6-8-13(12)16)18-10-14(11)17(2,3)4;/h2-10,18H,1H3;5-6,8-10H,1-4H3;/q-2;-1;+3/i;1D3;. The van der Waals surface area contributed by atoms with Crippen molar-refractivity contribution in [3.05, 3.63) is 120 Å². The number of fused-ring (bicyclic) bond motifs is 4. The fraction of sp³-hybridized carbons (Fsp3) is 0.176. The minimum atomic E-state index is -2.38. The third kappa shape index (κ3) is 5.89. The largest absolute Gasteiger partial charge is 3.00 e. The van der Waals surface area contributed by atoms with Crippen LogP contribution in [0.2, 0.25) is 17.3 Å². The number of anilines is 1. The van der Waals surface area contributed by atoms with E-state index >= 15 is 0 Å². The normalized spacial score (nSPS) is 15.5. The average molecular weight is 814 g/mol. The Kier molecular flexibility index (Phi) is 7.74. The van der Waals surface area contributed by atoms with Gasteiger partial charge in [-0.25, -0.2) is 0 Å². The second-order valence-electron chi connectivity index (χ2n) is 11.0. The molecule has 0 fully saturated rings. The molecule has 0 N–H and O–H groups in total. The van der Waals surface area contributed by atoms with Crippen LogP contribution in [0.25, 0.3) is 36.9 Å². The molecule has 0 saturated heterocycles. The van der Waals surface area contributed by atoms with Crippen LogP contribution in [-0.2, 0) is 20.1 Å². The molecule has 4 nitrogen and oxygen atoms in total. The zero-order valence-corrected chi connectivity index (χ0v) is 28.9. The van der Waals surface area contributed by atoms with Crippen LogP contribution in [0.3, 0.4) is 0 Å². The van der Waals surface area contributed by atoms with E-state index in [-0.39, 0.29) is 37.4 Å². The van der Waals surface area contributed by atoms with Gasteiger partial charge in [-0.15, -0.1) is 11.3 Å². The number of pyridine rings is 2. The van der Waals surface area contributed by atoms with E-state index in [0.29, 0.717) is 5.69 Å². The second kappa shape index (κ2) is 12.3. The summed E-state index contributed by atoms with van der Waals surface area (Å²) in [5.74, 6) is 5.88. The molecule has 0 amide bonds. The minimum Gasteiger partial charge on any atom is 3.00 e. The summed E-state index contributed by atoms with van der Waals surface area (Å²) in [6.45, 7) is -2.23. The molecule has 0 aliphatic carbocycles. The van der Waals surface area contributed by atoms with E-state index in [1.807, 2.05) is 12.1 Å². The molecule has 1 atom stereocenters. The zero-order chi connectivity index (χ0) is 31.2. The molecule has 0 spiro atoms. The van der Waals surface area contributed by atoms with Gasteiger partial charge in [0.15, 0.2) is 0 Å². The number of benzene rings is 3. The summed E-state index contributed by atoms with van der Waals surface area (Å²) in [4.78, 5) is 12.1. The SMILES string of the molecule is CN1c2ccccc2[N-]C1c1[c-]nc2sc3ccccc3c2c1.[2H]C([2H])([2H])c1cc(-c2[c-]cccc2F)nc[c]1[Ge]([CH3])([CH3])[CH3].[Ir+3]. The van der Waals surface area contributed by atoms with Crippen LogP contribution in [0.5, 0.6) is 0 Å². The third-order valence-electron chi connectivity index (χ3n) is 7.14.